The molecule has 2 amide bonds. The van der Waals surface area contributed by atoms with E-state index in [0.717, 1.165) is 33.1 Å². The van der Waals surface area contributed by atoms with Gasteiger partial charge in [-0.05, 0) is 42.3 Å². The van der Waals surface area contributed by atoms with Crippen molar-refractivity contribution in [3.8, 4) is 5.75 Å². The molecule has 3 N–H and O–H groups in total. The van der Waals surface area contributed by atoms with Gasteiger partial charge < -0.3 is 15.0 Å². The van der Waals surface area contributed by atoms with Gasteiger partial charge in [-0.15, -0.1) is 0 Å². The van der Waals surface area contributed by atoms with Gasteiger partial charge in [0.15, 0.2) is 5.82 Å². The standard InChI is InChI=1S/C23H23N5O3/c1-31-16-6-7-19-18(11-16)14(12-25-19)8-9-24-23(30)15-10-21(29)28(13-15)22-17-4-2-3-5-20(17)26-27-22/h2-7,11-12,15,25H,8-10,13H2,1H3,(H,24,30)(H,26,27). The zero-order valence-electron chi connectivity index (χ0n) is 17.1. The highest BCUT2D eigenvalue weighted by atomic mass is 16.5. The van der Waals surface area contributed by atoms with Crippen LogP contribution in [0.1, 0.15) is 12.0 Å². The van der Waals surface area contributed by atoms with Crippen molar-refractivity contribution in [2.24, 2.45) is 5.92 Å². The summed E-state index contributed by atoms with van der Waals surface area (Å²) in [6.45, 7) is 0.836. The van der Waals surface area contributed by atoms with Crippen LogP contribution in [-0.2, 0) is 16.0 Å². The number of carbonyl (C=O) groups excluding carboxylic acids is 2. The number of methoxy groups -OCH3 is 1. The number of amides is 2. The van der Waals surface area contributed by atoms with Gasteiger partial charge in [0.05, 0.1) is 18.5 Å². The lowest BCUT2D eigenvalue weighted by atomic mass is 10.1. The first-order valence-corrected chi connectivity index (χ1v) is 10.3. The summed E-state index contributed by atoms with van der Waals surface area (Å²) in [4.78, 5) is 30.1. The van der Waals surface area contributed by atoms with E-state index in [1.54, 1.807) is 12.0 Å². The third-order valence-corrected chi connectivity index (χ3v) is 5.87. The molecule has 0 saturated carbocycles. The van der Waals surface area contributed by atoms with Crippen LogP contribution in [0.4, 0.5) is 5.82 Å². The topological polar surface area (TPSA) is 103 Å². The number of carbonyl (C=O) groups is 2. The molecule has 0 bridgehead atoms. The van der Waals surface area contributed by atoms with Crippen LogP contribution in [0.25, 0.3) is 21.8 Å². The first-order valence-electron chi connectivity index (χ1n) is 10.3. The lowest BCUT2D eigenvalue weighted by Gasteiger charge is -2.14. The fourth-order valence-corrected chi connectivity index (χ4v) is 4.20. The lowest BCUT2D eigenvalue weighted by molar-refractivity contribution is -0.126. The van der Waals surface area contributed by atoms with Gasteiger partial charge in [0.1, 0.15) is 5.75 Å². The summed E-state index contributed by atoms with van der Waals surface area (Å²) in [7, 11) is 1.64. The van der Waals surface area contributed by atoms with Crippen molar-refractivity contribution >= 4 is 39.4 Å². The average Bonchev–Trinajstić information content (AvgIpc) is 3.50. The van der Waals surface area contributed by atoms with Crippen LogP contribution in [0.5, 0.6) is 5.75 Å². The predicted octanol–water partition coefficient (Wildman–Crippen LogP) is 2.76. The smallest absolute Gasteiger partial charge is 0.229 e. The Morgan fingerprint density at radius 1 is 1.23 bits per heavy atom. The van der Waals surface area contributed by atoms with Crippen molar-refractivity contribution in [1.82, 2.24) is 20.5 Å². The maximum atomic E-state index is 12.7. The summed E-state index contributed by atoms with van der Waals surface area (Å²) < 4.78 is 5.31. The molecule has 1 aliphatic heterocycles. The van der Waals surface area contributed by atoms with Gasteiger partial charge >= 0.3 is 0 Å². The monoisotopic (exact) mass is 417 g/mol. The van der Waals surface area contributed by atoms with Crippen molar-refractivity contribution in [2.45, 2.75) is 12.8 Å². The Labute approximate surface area is 178 Å². The Bertz CT molecular complexity index is 1270. The van der Waals surface area contributed by atoms with E-state index in [1.807, 2.05) is 48.7 Å². The van der Waals surface area contributed by atoms with Crippen LogP contribution in [0, 0.1) is 5.92 Å². The second kappa shape index (κ2) is 7.79. The van der Waals surface area contributed by atoms with Gasteiger partial charge in [0.25, 0.3) is 0 Å². The number of hydrogen-bond donors (Lipinski definition) is 3. The lowest BCUT2D eigenvalue weighted by Crippen LogP contribution is -2.34. The SMILES string of the molecule is COc1ccc2[nH]cc(CCNC(=O)C3CC(=O)N(c4n[nH]c5ccccc45)C3)c2c1. The zero-order valence-corrected chi connectivity index (χ0v) is 17.1. The summed E-state index contributed by atoms with van der Waals surface area (Å²) in [5, 5.41) is 12.2. The highest BCUT2D eigenvalue weighted by Crippen LogP contribution is 2.29. The quantitative estimate of drug-likeness (QED) is 0.449. The van der Waals surface area contributed by atoms with E-state index in [0.29, 0.717) is 25.3 Å². The van der Waals surface area contributed by atoms with Gasteiger partial charge in [-0.1, -0.05) is 12.1 Å². The van der Waals surface area contributed by atoms with E-state index in [4.69, 9.17) is 4.74 Å². The molecule has 1 atom stereocenters. The number of ether oxygens (including phenoxy) is 1. The van der Waals surface area contributed by atoms with E-state index >= 15 is 0 Å². The Hall–Kier alpha value is -3.81. The molecule has 1 fully saturated rings. The minimum Gasteiger partial charge on any atom is -0.497 e. The maximum Gasteiger partial charge on any atom is 0.229 e. The fourth-order valence-electron chi connectivity index (χ4n) is 4.20. The molecular formula is C23H23N5O3. The van der Waals surface area contributed by atoms with Crippen molar-refractivity contribution in [3.63, 3.8) is 0 Å². The Morgan fingerprint density at radius 2 is 2.10 bits per heavy atom. The number of aromatic nitrogens is 3. The predicted molar refractivity (Wildman–Crippen MR) is 118 cm³/mol. The van der Waals surface area contributed by atoms with Crippen molar-refractivity contribution in [1.29, 1.82) is 0 Å². The number of rotatable bonds is 6. The van der Waals surface area contributed by atoms with Crippen LogP contribution in [0.3, 0.4) is 0 Å². The highest BCUT2D eigenvalue weighted by Gasteiger charge is 2.36. The minimum absolute atomic E-state index is 0.0823. The summed E-state index contributed by atoms with van der Waals surface area (Å²) >= 11 is 0. The van der Waals surface area contributed by atoms with Gasteiger partial charge in [-0.2, -0.15) is 5.10 Å². The molecule has 1 aliphatic rings. The Balaban J connectivity index is 1.22. The second-order valence-corrected chi connectivity index (χ2v) is 7.76. The number of hydrogen-bond acceptors (Lipinski definition) is 4. The zero-order chi connectivity index (χ0) is 21.4. The largest absolute Gasteiger partial charge is 0.497 e. The number of para-hydroxylation sites is 1. The van der Waals surface area contributed by atoms with E-state index in [9.17, 15) is 9.59 Å². The second-order valence-electron chi connectivity index (χ2n) is 7.76. The molecule has 4 aromatic rings. The van der Waals surface area contributed by atoms with E-state index < -0.39 is 0 Å². The molecule has 0 radical (unpaired) electrons. The third kappa shape index (κ3) is 3.50. The average molecular weight is 417 g/mol. The number of H-pyrrole nitrogens is 2. The molecule has 31 heavy (non-hydrogen) atoms. The van der Waals surface area contributed by atoms with Crippen LogP contribution in [0.2, 0.25) is 0 Å². The summed E-state index contributed by atoms with van der Waals surface area (Å²) in [6, 6.07) is 13.5. The number of nitrogens with one attached hydrogen (secondary N) is 3. The Morgan fingerprint density at radius 3 is 2.97 bits per heavy atom. The summed E-state index contributed by atoms with van der Waals surface area (Å²) in [5.74, 6) is 0.816. The number of benzene rings is 2. The molecule has 2 aromatic carbocycles. The van der Waals surface area contributed by atoms with Gasteiger partial charge in [-0.25, -0.2) is 0 Å². The first kappa shape index (κ1) is 19.2. The molecule has 8 heteroatoms. The van der Waals surface area contributed by atoms with E-state index in [2.05, 4.69) is 20.5 Å². The summed E-state index contributed by atoms with van der Waals surface area (Å²) in [6.07, 6.45) is 2.84. The molecular weight excluding hydrogens is 394 g/mol. The maximum absolute atomic E-state index is 12.7. The number of nitrogens with zero attached hydrogens (tertiary/aromatic N) is 2. The first-order chi connectivity index (χ1) is 15.1. The fraction of sp³-hybridized carbons (Fsp3) is 0.261. The van der Waals surface area contributed by atoms with Crippen LogP contribution >= 0.6 is 0 Å². The van der Waals surface area contributed by atoms with Crippen molar-refractivity contribution in [3.05, 3.63) is 54.2 Å². The normalized spacial score (nSPS) is 16.4. The molecule has 5 rings (SSSR count). The number of aromatic amines is 2. The molecule has 8 nitrogen and oxygen atoms in total. The van der Waals surface area contributed by atoms with Gasteiger partial charge in [0.2, 0.25) is 11.8 Å². The van der Waals surface area contributed by atoms with Gasteiger partial charge in [-0.3, -0.25) is 19.6 Å². The van der Waals surface area contributed by atoms with Crippen molar-refractivity contribution < 1.29 is 14.3 Å². The molecule has 0 aliphatic carbocycles. The molecule has 0 spiro atoms. The number of anilines is 1. The number of fused-ring (bicyclic) bond motifs is 2. The van der Waals surface area contributed by atoms with Crippen LogP contribution in [0.15, 0.2) is 48.7 Å². The molecule has 158 valence electrons. The third-order valence-electron chi connectivity index (χ3n) is 5.87. The van der Waals surface area contributed by atoms with Gasteiger partial charge in [0, 0.05) is 42.0 Å². The van der Waals surface area contributed by atoms with Crippen molar-refractivity contribution in [2.75, 3.05) is 25.1 Å². The molecule has 3 heterocycles. The van der Waals surface area contributed by atoms with Crippen LogP contribution in [-0.4, -0.2) is 47.2 Å². The van der Waals surface area contributed by atoms with Crippen LogP contribution < -0.4 is 15.0 Å². The van der Waals surface area contributed by atoms with E-state index in [-0.39, 0.29) is 24.2 Å². The molecule has 2 aromatic heterocycles. The molecule has 1 unspecified atom stereocenters. The summed E-state index contributed by atoms with van der Waals surface area (Å²) in [5.41, 5.74) is 3.01. The minimum atomic E-state index is -0.383. The molecule has 1 saturated heterocycles. The highest BCUT2D eigenvalue weighted by molar-refractivity contribution is 6.05. The van der Waals surface area contributed by atoms with E-state index in [1.165, 1.54) is 0 Å². The Kier molecular flexibility index (Phi) is 4.82.